The first-order valence-corrected chi connectivity index (χ1v) is 10.9. The molecule has 29 heavy (non-hydrogen) atoms. The molecule has 0 aliphatic carbocycles. The van der Waals surface area contributed by atoms with Gasteiger partial charge in [0.2, 0.25) is 0 Å². The highest BCUT2D eigenvalue weighted by Crippen LogP contribution is 2.28. The summed E-state index contributed by atoms with van der Waals surface area (Å²) in [5, 5.41) is 6.24. The maximum Gasteiger partial charge on any atom is 0.511 e. The van der Waals surface area contributed by atoms with Crippen molar-refractivity contribution in [3.05, 3.63) is 29.8 Å². The highest BCUT2D eigenvalue weighted by molar-refractivity contribution is 7.90. The van der Waals surface area contributed by atoms with Crippen LogP contribution >= 0.6 is 0 Å². The van der Waals surface area contributed by atoms with E-state index in [1.165, 1.54) is 0 Å². The molecule has 1 aliphatic heterocycles. The van der Waals surface area contributed by atoms with Gasteiger partial charge < -0.3 is 15.4 Å². The number of hydrogen-bond donors (Lipinski definition) is 2. The van der Waals surface area contributed by atoms with E-state index in [4.69, 9.17) is 4.74 Å². The summed E-state index contributed by atoms with van der Waals surface area (Å²) in [5.74, 6) is 1.32. The number of para-hydroxylation sites is 1. The quantitative estimate of drug-likeness (QED) is 0.389. The number of aryl methyl sites for hydroxylation is 1. The number of aliphatic imine (C=N–C) groups is 1. The van der Waals surface area contributed by atoms with Crippen molar-refractivity contribution in [2.45, 2.75) is 38.2 Å². The molecule has 0 aromatic heterocycles. The molecule has 164 valence electrons. The summed E-state index contributed by atoms with van der Waals surface area (Å²) in [5.41, 5.74) is -4.23. The Hall–Kier alpha value is -2.01. The largest absolute Gasteiger partial charge is 0.511 e. The normalized spacial score (nSPS) is 17.2. The van der Waals surface area contributed by atoms with Crippen LogP contribution in [0.4, 0.5) is 13.2 Å². The summed E-state index contributed by atoms with van der Waals surface area (Å²) in [7, 11) is -5.27. The highest BCUT2D eigenvalue weighted by atomic mass is 32.2. The second-order valence-electron chi connectivity index (χ2n) is 6.64. The summed E-state index contributed by atoms with van der Waals surface area (Å²) < 4.78 is 67.1. The van der Waals surface area contributed by atoms with E-state index in [0.29, 0.717) is 30.0 Å². The predicted molar refractivity (Wildman–Crippen MR) is 105 cm³/mol. The van der Waals surface area contributed by atoms with Gasteiger partial charge in [-0.3, -0.25) is 0 Å². The fourth-order valence-electron chi connectivity index (χ4n) is 2.93. The lowest BCUT2D eigenvalue weighted by Gasteiger charge is -2.32. The third-order valence-electron chi connectivity index (χ3n) is 4.48. The average molecular weight is 437 g/mol. The van der Waals surface area contributed by atoms with Gasteiger partial charge in [-0.05, 0) is 38.3 Å². The molecule has 11 heteroatoms. The van der Waals surface area contributed by atoms with Crippen LogP contribution in [-0.4, -0.2) is 63.0 Å². The zero-order chi connectivity index (χ0) is 21.5. The van der Waals surface area contributed by atoms with Crippen LogP contribution in [0.1, 0.15) is 25.3 Å². The minimum absolute atomic E-state index is 0.162. The predicted octanol–water partition coefficient (Wildman–Crippen LogP) is 2.24. The lowest BCUT2D eigenvalue weighted by molar-refractivity contribution is -0.0494. The molecule has 7 nitrogen and oxygen atoms in total. The van der Waals surface area contributed by atoms with Gasteiger partial charge in [0.1, 0.15) is 12.4 Å². The summed E-state index contributed by atoms with van der Waals surface area (Å²) >= 11 is 0. The molecule has 0 unspecified atom stereocenters. The Bertz CT molecular complexity index is 792. The Morgan fingerprint density at radius 3 is 2.52 bits per heavy atom. The molecule has 1 heterocycles. The molecule has 0 spiro atoms. The van der Waals surface area contributed by atoms with E-state index in [-0.39, 0.29) is 32.0 Å². The van der Waals surface area contributed by atoms with E-state index in [2.05, 4.69) is 15.6 Å². The lowest BCUT2D eigenvalue weighted by Crippen LogP contribution is -2.51. The minimum Gasteiger partial charge on any atom is -0.491 e. The van der Waals surface area contributed by atoms with Gasteiger partial charge in [-0.15, -0.1) is 0 Å². The van der Waals surface area contributed by atoms with Crippen molar-refractivity contribution in [1.82, 2.24) is 14.9 Å². The molecule has 2 rings (SSSR count). The first-order chi connectivity index (χ1) is 13.6. The Kier molecular flexibility index (Phi) is 8.14. The summed E-state index contributed by atoms with van der Waals surface area (Å²) in [4.78, 5) is 4.42. The van der Waals surface area contributed by atoms with Crippen molar-refractivity contribution >= 4 is 16.0 Å². The van der Waals surface area contributed by atoms with Crippen molar-refractivity contribution in [3.8, 4) is 5.75 Å². The maximum atomic E-state index is 12.7. The lowest BCUT2D eigenvalue weighted by atomic mass is 10.1. The van der Waals surface area contributed by atoms with Crippen molar-refractivity contribution in [2.24, 2.45) is 4.99 Å². The number of rotatable bonds is 7. The van der Waals surface area contributed by atoms with Gasteiger partial charge in [0.25, 0.3) is 0 Å². The topological polar surface area (TPSA) is 83.0 Å². The van der Waals surface area contributed by atoms with Crippen molar-refractivity contribution in [2.75, 3.05) is 32.8 Å². The smallest absolute Gasteiger partial charge is 0.491 e. The van der Waals surface area contributed by atoms with E-state index in [9.17, 15) is 21.6 Å². The van der Waals surface area contributed by atoms with Gasteiger partial charge in [0.15, 0.2) is 5.96 Å². The first kappa shape index (κ1) is 23.3. The number of halogens is 3. The third kappa shape index (κ3) is 6.49. The fourth-order valence-corrected chi connectivity index (χ4v) is 3.92. The van der Waals surface area contributed by atoms with Gasteiger partial charge in [-0.2, -0.15) is 17.5 Å². The van der Waals surface area contributed by atoms with Crippen LogP contribution in [0.25, 0.3) is 0 Å². The Labute approximate surface area is 169 Å². The molecular weight excluding hydrogens is 409 g/mol. The zero-order valence-electron chi connectivity index (χ0n) is 16.5. The summed E-state index contributed by atoms with van der Waals surface area (Å²) in [6.07, 6.45) is 0.527. The highest BCUT2D eigenvalue weighted by Gasteiger charge is 2.50. The zero-order valence-corrected chi connectivity index (χ0v) is 17.3. The standard InChI is InChI=1S/C18H27F3N4O3S/c1-3-22-17(23-10-13-28-16-7-5-4-6-14(16)2)24-15-8-11-25(12-9-15)29(26,27)18(19,20)21/h4-7,15H,3,8-13H2,1-2H3,(H2,22,23,24). The van der Waals surface area contributed by atoms with Gasteiger partial charge in [-0.25, -0.2) is 13.4 Å². The summed E-state index contributed by atoms with van der Waals surface area (Å²) in [6, 6.07) is 7.49. The number of piperidine rings is 1. The fraction of sp³-hybridized carbons (Fsp3) is 0.611. The number of guanidine groups is 1. The van der Waals surface area contributed by atoms with E-state index < -0.39 is 15.5 Å². The second-order valence-corrected chi connectivity index (χ2v) is 8.57. The van der Waals surface area contributed by atoms with E-state index >= 15 is 0 Å². The third-order valence-corrected chi connectivity index (χ3v) is 6.11. The number of alkyl halides is 3. The maximum absolute atomic E-state index is 12.7. The van der Waals surface area contributed by atoms with Gasteiger partial charge in [0, 0.05) is 25.7 Å². The molecule has 1 saturated heterocycles. The van der Waals surface area contributed by atoms with Crippen LogP contribution in [-0.2, 0) is 10.0 Å². The SMILES string of the molecule is CCNC(=NCCOc1ccccc1C)NC1CCN(S(=O)(=O)C(F)(F)F)CC1. The minimum atomic E-state index is -5.27. The Morgan fingerprint density at radius 2 is 1.93 bits per heavy atom. The van der Waals surface area contributed by atoms with Gasteiger partial charge in [0.05, 0.1) is 6.54 Å². The number of ether oxygens (including phenoxy) is 1. The molecule has 0 atom stereocenters. The van der Waals surface area contributed by atoms with Crippen LogP contribution in [0.5, 0.6) is 5.75 Å². The number of benzene rings is 1. The molecule has 1 fully saturated rings. The van der Waals surface area contributed by atoms with Crippen LogP contribution in [0.15, 0.2) is 29.3 Å². The monoisotopic (exact) mass is 436 g/mol. The van der Waals surface area contributed by atoms with Crippen molar-refractivity contribution in [3.63, 3.8) is 0 Å². The number of hydrogen-bond acceptors (Lipinski definition) is 4. The summed E-state index contributed by atoms with van der Waals surface area (Å²) in [6.45, 7) is 4.88. The van der Waals surface area contributed by atoms with Gasteiger partial charge in [-0.1, -0.05) is 18.2 Å². The molecular formula is C18H27F3N4O3S. The van der Waals surface area contributed by atoms with E-state index in [1.54, 1.807) is 0 Å². The van der Waals surface area contributed by atoms with Crippen LogP contribution in [0.2, 0.25) is 0 Å². The number of nitrogens with zero attached hydrogens (tertiary/aromatic N) is 2. The number of sulfonamides is 1. The Morgan fingerprint density at radius 1 is 1.28 bits per heavy atom. The van der Waals surface area contributed by atoms with E-state index in [1.807, 2.05) is 38.1 Å². The van der Waals surface area contributed by atoms with Crippen LogP contribution in [0.3, 0.4) is 0 Å². The molecule has 1 aromatic carbocycles. The van der Waals surface area contributed by atoms with Crippen LogP contribution < -0.4 is 15.4 Å². The second kappa shape index (κ2) is 10.1. The molecule has 0 bridgehead atoms. The van der Waals surface area contributed by atoms with Crippen molar-refractivity contribution in [1.29, 1.82) is 0 Å². The van der Waals surface area contributed by atoms with Gasteiger partial charge >= 0.3 is 15.5 Å². The first-order valence-electron chi connectivity index (χ1n) is 9.45. The van der Waals surface area contributed by atoms with E-state index in [0.717, 1.165) is 11.3 Å². The molecule has 1 aromatic rings. The average Bonchev–Trinajstić information content (AvgIpc) is 2.66. The Balaban J connectivity index is 1.84. The molecule has 0 radical (unpaired) electrons. The van der Waals surface area contributed by atoms with Crippen molar-refractivity contribution < 1.29 is 26.3 Å². The number of nitrogens with one attached hydrogen (secondary N) is 2. The molecule has 1 aliphatic rings. The van der Waals surface area contributed by atoms with Crippen LogP contribution in [0, 0.1) is 6.92 Å². The molecule has 2 N–H and O–H groups in total. The molecule has 0 amide bonds. The molecule has 0 saturated carbocycles.